The Balaban J connectivity index is 1.85. The molecule has 1 aromatic heterocycles. The minimum absolute atomic E-state index is 0.0932. The molecule has 26 heavy (non-hydrogen) atoms. The van der Waals surface area contributed by atoms with E-state index in [4.69, 9.17) is 10.7 Å². The Kier molecular flexibility index (Phi) is 5.66. The van der Waals surface area contributed by atoms with Gasteiger partial charge >= 0.3 is 0 Å². The van der Waals surface area contributed by atoms with Gasteiger partial charge < -0.3 is 15.2 Å². The summed E-state index contributed by atoms with van der Waals surface area (Å²) in [6, 6.07) is 8.25. The van der Waals surface area contributed by atoms with Gasteiger partial charge in [-0.3, -0.25) is 4.79 Å². The molecular formula is C21H32N4O. The number of para-hydroxylation sites is 2. The fourth-order valence-corrected chi connectivity index (χ4v) is 4.13. The topological polar surface area (TPSA) is 64.2 Å². The van der Waals surface area contributed by atoms with Crippen LogP contribution in [0.3, 0.4) is 0 Å². The summed E-state index contributed by atoms with van der Waals surface area (Å²) in [4.78, 5) is 19.7. The fraction of sp³-hybridized carbons (Fsp3) is 0.619. The van der Waals surface area contributed by atoms with Gasteiger partial charge in [0.1, 0.15) is 5.82 Å². The summed E-state index contributed by atoms with van der Waals surface area (Å²) in [6.45, 7) is 10.1. The standard InChI is InChI=1S/C21H32N4O/c1-14(2)12-17(22)21(26)24-11-7-8-16(13-24)20-23-18-9-5-6-10-19(18)25(20)15(3)4/h5-6,9-10,14-17H,7-8,11-13,22H2,1-4H3/t16?,17-/m0/s1. The van der Waals surface area contributed by atoms with Crippen LogP contribution in [0.15, 0.2) is 24.3 Å². The Hall–Kier alpha value is -1.88. The van der Waals surface area contributed by atoms with Crippen molar-refractivity contribution in [3.63, 3.8) is 0 Å². The molecule has 1 aliphatic heterocycles. The first kappa shape index (κ1) is 18.9. The van der Waals surface area contributed by atoms with Crippen LogP contribution in [0.5, 0.6) is 0 Å². The summed E-state index contributed by atoms with van der Waals surface area (Å²) in [7, 11) is 0. The summed E-state index contributed by atoms with van der Waals surface area (Å²) in [6.07, 6.45) is 2.82. The second kappa shape index (κ2) is 7.78. The highest BCUT2D eigenvalue weighted by Crippen LogP contribution is 2.31. The number of nitrogens with zero attached hydrogens (tertiary/aromatic N) is 3. The van der Waals surface area contributed by atoms with Crippen LogP contribution in [-0.4, -0.2) is 39.5 Å². The molecule has 0 aliphatic carbocycles. The van der Waals surface area contributed by atoms with Gasteiger partial charge in [0.2, 0.25) is 5.91 Å². The zero-order valence-electron chi connectivity index (χ0n) is 16.5. The van der Waals surface area contributed by atoms with Crippen LogP contribution in [-0.2, 0) is 4.79 Å². The number of piperidine rings is 1. The molecule has 1 saturated heterocycles. The first-order valence-corrected chi connectivity index (χ1v) is 9.89. The van der Waals surface area contributed by atoms with E-state index < -0.39 is 6.04 Å². The third-order valence-corrected chi connectivity index (χ3v) is 5.28. The van der Waals surface area contributed by atoms with Crippen molar-refractivity contribution in [2.45, 2.75) is 65.0 Å². The molecule has 2 atom stereocenters. The lowest BCUT2D eigenvalue weighted by atomic mass is 9.95. The molecule has 5 heteroatoms. The smallest absolute Gasteiger partial charge is 0.239 e. The maximum atomic E-state index is 12.8. The van der Waals surface area contributed by atoms with Crippen LogP contribution in [0.2, 0.25) is 0 Å². The number of likely N-dealkylation sites (tertiary alicyclic amines) is 1. The Morgan fingerprint density at radius 3 is 2.69 bits per heavy atom. The third kappa shape index (κ3) is 3.78. The van der Waals surface area contributed by atoms with E-state index in [0.717, 1.165) is 43.7 Å². The van der Waals surface area contributed by atoms with Gasteiger partial charge in [0.05, 0.1) is 17.1 Å². The number of fused-ring (bicyclic) bond motifs is 1. The minimum Gasteiger partial charge on any atom is -0.341 e. The van der Waals surface area contributed by atoms with Gasteiger partial charge in [-0.15, -0.1) is 0 Å². The van der Waals surface area contributed by atoms with E-state index >= 15 is 0 Å². The second-order valence-electron chi connectivity index (χ2n) is 8.28. The average Bonchev–Trinajstić information content (AvgIpc) is 3.00. The van der Waals surface area contributed by atoms with Gasteiger partial charge in [0.25, 0.3) is 0 Å². The molecule has 0 spiro atoms. The third-order valence-electron chi connectivity index (χ3n) is 5.28. The van der Waals surface area contributed by atoms with E-state index in [1.54, 1.807) is 0 Å². The number of rotatable bonds is 5. The van der Waals surface area contributed by atoms with Crippen molar-refractivity contribution in [3.8, 4) is 0 Å². The Morgan fingerprint density at radius 1 is 1.27 bits per heavy atom. The van der Waals surface area contributed by atoms with Crippen LogP contribution in [0, 0.1) is 5.92 Å². The molecule has 0 saturated carbocycles. The fourth-order valence-electron chi connectivity index (χ4n) is 4.13. The number of imidazole rings is 1. The molecule has 1 aliphatic rings. The van der Waals surface area contributed by atoms with Crippen LogP contribution in [0.25, 0.3) is 11.0 Å². The van der Waals surface area contributed by atoms with E-state index in [0.29, 0.717) is 12.0 Å². The lowest BCUT2D eigenvalue weighted by Gasteiger charge is -2.34. The van der Waals surface area contributed by atoms with Crippen LogP contribution in [0.4, 0.5) is 0 Å². The molecule has 0 bridgehead atoms. The van der Waals surface area contributed by atoms with Gasteiger partial charge in [0.15, 0.2) is 0 Å². The van der Waals surface area contributed by atoms with Gasteiger partial charge in [-0.25, -0.2) is 4.98 Å². The predicted octanol–water partition coefficient (Wildman–Crippen LogP) is 3.70. The monoisotopic (exact) mass is 356 g/mol. The summed E-state index contributed by atoms with van der Waals surface area (Å²) in [5.41, 5.74) is 8.38. The number of hydrogen-bond donors (Lipinski definition) is 1. The first-order chi connectivity index (χ1) is 12.4. The van der Waals surface area contributed by atoms with Gasteiger partial charge in [0, 0.05) is 25.0 Å². The molecule has 2 heterocycles. The predicted molar refractivity (Wildman–Crippen MR) is 106 cm³/mol. The molecule has 1 unspecified atom stereocenters. The molecule has 5 nitrogen and oxygen atoms in total. The van der Waals surface area contributed by atoms with Crippen molar-refractivity contribution >= 4 is 16.9 Å². The lowest BCUT2D eigenvalue weighted by molar-refractivity contribution is -0.134. The minimum atomic E-state index is -0.391. The maximum Gasteiger partial charge on any atom is 0.239 e. The SMILES string of the molecule is CC(C)C[C@H](N)C(=O)N1CCCC(c2nc3ccccc3n2C(C)C)C1. The number of benzene rings is 1. The summed E-state index contributed by atoms with van der Waals surface area (Å²) in [5, 5.41) is 0. The van der Waals surface area contributed by atoms with Crippen LogP contribution in [0.1, 0.15) is 64.7 Å². The number of carbonyl (C=O) groups excluding carboxylic acids is 1. The van der Waals surface area contributed by atoms with Crippen molar-refractivity contribution in [2.24, 2.45) is 11.7 Å². The van der Waals surface area contributed by atoms with Gasteiger partial charge in [-0.2, -0.15) is 0 Å². The molecule has 1 fully saturated rings. The molecule has 1 aromatic carbocycles. The maximum absolute atomic E-state index is 12.8. The van der Waals surface area contributed by atoms with Crippen LogP contribution < -0.4 is 5.73 Å². The van der Waals surface area contributed by atoms with E-state index in [2.05, 4.69) is 50.5 Å². The number of carbonyl (C=O) groups is 1. The average molecular weight is 357 g/mol. The highest BCUT2D eigenvalue weighted by Gasteiger charge is 2.31. The Morgan fingerprint density at radius 2 is 2.00 bits per heavy atom. The van der Waals surface area contributed by atoms with Crippen molar-refractivity contribution in [1.29, 1.82) is 0 Å². The van der Waals surface area contributed by atoms with Gasteiger partial charge in [-0.05, 0) is 51.2 Å². The van der Waals surface area contributed by atoms with E-state index in [1.165, 1.54) is 5.52 Å². The normalized spacial score (nSPS) is 19.5. The van der Waals surface area contributed by atoms with Gasteiger partial charge in [-0.1, -0.05) is 26.0 Å². The molecule has 1 amide bonds. The zero-order chi connectivity index (χ0) is 18.8. The van der Waals surface area contributed by atoms with Crippen molar-refractivity contribution in [2.75, 3.05) is 13.1 Å². The van der Waals surface area contributed by atoms with E-state index in [9.17, 15) is 4.79 Å². The molecule has 2 N–H and O–H groups in total. The highest BCUT2D eigenvalue weighted by molar-refractivity contribution is 5.82. The molecule has 2 aromatic rings. The Bertz CT molecular complexity index is 764. The molecule has 0 radical (unpaired) electrons. The van der Waals surface area contributed by atoms with E-state index in [-0.39, 0.29) is 11.8 Å². The summed E-state index contributed by atoms with van der Waals surface area (Å²) in [5.74, 6) is 1.90. The molecular weight excluding hydrogens is 324 g/mol. The van der Waals surface area contributed by atoms with Crippen LogP contribution >= 0.6 is 0 Å². The van der Waals surface area contributed by atoms with E-state index in [1.807, 2.05) is 11.0 Å². The highest BCUT2D eigenvalue weighted by atomic mass is 16.2. The number of aromatic nitrogens is 2. The Labute approximate surface area is 156 Å². The molecule has 3 rings (SSSR count). The summed E-state index contributed by atoms with van der Waals surface area (Å²) >= 11 is 0. The second-order valence-corrected chi connectivity index (χ2v) is 8.28. The quantitative estimate of drug-likeness (QED) is 0.888. The largest absolute Gasteiger partial charge is 0.341 e. The first-order valence-electron chi connectivity index (χ1n) is 9.89. The van der Waals surface area contributed by atoms with Crippen molar-refractivity contribution < 1.29 is 4.79 Å². The molecule has 142 valence electrons. The zero-order valence-corrected chi connectivity index (χ0v) is 16.5. The lowest BCUT2D eigenvalue weighted by Crippen LogP contribution is -2.48. The number of nitrogens with two attached hydrogens (primary N) is 1. The number of amides is 1. The summed E-state index contributed by atoms with van der Waals surface area (Å²) < 4.78 is 2.34. The van der Waals surface area contributed by atoms with Crippen molar-refractivity contribution in [3.05, 3.63) is 30.1 Å². The number of hydrogen-bond acceptors (Lipinski definition) is 3. The van der Waals surface area contributed by atoms with Crippen molar-refractivity contribution in [1.82, 2.24) is 14.5 Å².